The van der Waals surface area contributed by atoms with Crippen LogP contribution in [0.1, 0.15) is 51.1 Å². The van der Waals surface area contributed by atoms with Gasteiger partial charge in [-0.15, -0.1) is 0 Å². The van der Waals surface area contributed by atoms with Gasteiger partial charge in [-0.1, -0.05) is 35.7 Å². The van der Waals surface area contributed by atoms with Gasteiger partial charge >= 0.3 is 0 Å². The minimum absolute atomic E-state index is 0.423. The predicted octanol–water partition coefficient (Wildman–Crippen LogP) is 4.69. The van der Waals surface area contributed by atoms with Gasteiger partial charge in [0, 0.05) is 16.1 Å². The predicted molar refractivity (Wildman–Crippen MR) is 83.7 cm³/mol. The van der Waals surface area contributed by atoms with Crippen LogP contribution in [0.2, 0.25) is 0 Å². The fourth-order valence-corrected chi connectivity index (χ4v) is 3.47. The quantitative estimate of drug-likeness (QED) is 0.819. The third kappa shape index (κ3) is 3.73. The number of hydrogen-bond acceptors (Lipinski definition) is 2. The molecule has 0 saturated heterocycles. The molecule has 0 radical (unpaired) electrons. The Morgan fingerprint density at radius 2 is 2.05 bits per heavy atom. The summed E-state index contributed by atoms with van der Waals surface area (Å²) in [6, 6.07) is 6.79. The zero-order chi connectivity index (χ0) is 13.7. The van der Waals surface area contributed by atoms with Crippen molar-refractivity contribution in [3.05, 3.63) is 28.2 Å². The van der Waals surface area contributed by atoms with Crippen molar-refractivity contribution in [3.8, 4) is 5.75 Å². The second-order valence-corrected chi connectivity index (χ2v) is 6.11. The van der Waals surface area contributed by atoms with Crippen molar-refractivity contribution in [1.82, 2.24) is 5.32 Å². The van der Waals surface area contributed by atoms with E-state index in [0.29, 0.717) is 6.04 Å². The first kappa shape index (κ1) is 14.9. The van der Waals surface area contributed by atoms with Crippen LogP contribution in [0.15, 0.2) is 22.7 Å². The van der Waals surface area contributed by atoms with E-state index in [1.165, 1.54) is 31.2 Å². The van der Waals surface area contributed by atoms with E-state index in [2.05, 4.69) is 46.4 Å². The molecule has 2 nitrogen and oxygen atoms in total. The van der Waals surface area contributed by atoms with Crippen LogP contribution in [0.3, 0.4) is 0 Å². The minimum atomic E-state index is 0.423. The van der Waals surface area contributed by atoms with Crippen LogP contribution < -0.4 is 10.1 Å². The molecular weight excluding hydrogens is 302 g/mol. The molecule has 106 valence electrons. The lowest BCUT2D eigenvalue weighted by molar-refractivity contribution is 0.315. The molecule has 1 atom stereocenters. The lowest BCUT2D eigenvalue weighted by Gasteiger charge is -2.27. The van der Waals surface area contributed by atoms with Crippen LogP contribution in [-0.2, 0) is 0 Å². The summed E-state index contributed by atoms with van der Waals surface area (Å²) in [5.74, 6) is 1.78. The molecule has 3 heteroatoms. The zero-order valence-electron chi connectivity index (χ0n) is 11.9. The van der Waals surface area contributed by atoms with Crippen LogP contribution in [-0.4, -0.2) is 13.2 Å². The van der Waals surface area contributed by atoms with Gasteiger partial charge in [-0.3, -0.25) is 0 Å². The minimum Gasteiger partial charge on any atom is -0.494 e. The molecule has 1 aromatic carbocycles. The largest absolute Gasteiger partial charge is 0.494 e. The van der Waals surface area contributed by atoms with Crippen molar-refractivity contribution in [1.29, 1.82) is 0 Å². The van der Waals surface area contributed by atoms with Gasteiger partial charge in [0.25, 0.3) is 0 Å². The van der Waals surface area contributed by atoms with Gasteiger partial charge in [0.1, 0.15) is 5.75 Å². The highest BCUT2D eigenvalue weighted by Crippen LogP contribution is 2.40. The average molecular weight is 326 g/mol. The average Bonchev–Trinajstić information content (AvgIpc) is 2.92. The number of halogens is 1. The Balaban J connectivity index is 2.30. The Morgan fingerprint density at radius 3 is 2.68 bits per heavy atom. The summed E-state index contributed by atoms with van der Waals surface area (Å²) in [5.41, 5.74) is 1.31. The molecule has 1 aliphatic rings. The summed E-state index contributed by atoms with van der Waals surface area (Å²) in [6.45, 7) is 5.95. The van der Waals surface area contributed by atoms with Gasteiger partial charge in [-0.05, 0) is 50.4 Å². The summed E-state index contributed by atoms with van der Waals surface area (Å²) in [5, 5.41) is 3.67. The highest BCUT2D eigenvalue weighted by Gasteiger charge is 2.27. The fraction of sp³-hybridized carbons (Fsp3) is 0.625. The second kappa shape index (κ2) is 7.30. The number of hydrogen-bond donors (Lipinski definition) is 1. The van der Waals surface area contributed by atoms with Crippen LogP contribution >= 0.6 is 15.9 Å². The van der Waals surface area contributed by atoms with Crippen molar-refractivity contribution in [2.45, 2.75) is 45.6 Å². The molecule has 2 rings (SSSR count). The molecule has 0 spiro atoms. The van der Waals surface area contributed by atoms with E-state index in [0.717, 1.165) is 29.3 Å². The van der Waals surface area contributed by atoms with E-state index in [1.54, 1.807) is 0 Å². The molecule has 0 heterocycles. The summed E-state index contributed by atoms with van der Waals surface area (Å²) >= 11 is 3.59. The smallest absolute Gasteiger partial charge is 0.124 e. The van der Waals surface area contributed by atoms with E-state index in [-0.39, 0.29) is 0 Å². The number of ether oxygens (including phenoxy) is 1. The van der Waals surface area contributed by atoms with Crippen LogP contribution in [0.25, 0.3) is 0 Å². The lowest BCUT2D eigenvalue weighted by Crippen LogP contribution is -2.27. The first-order valence-electron chi connectivity index (χ1n) is 7.41. The Bertz CT molecular complexity index is 402. The highest BCUT2D eigenvalue weighted by molar-refractivity contribution is 9.10. The van der Waals surface area contributed by atoms with Gasteiger partial charge in [-0.25, -0.2) is 0 Å². The molecular formula is C16H24BrNO. The molecule has 0 amide bonds. The number of benzene rings is 1. The Kier molecular flexibility index (Phi) is 5.71. The molecule has 1 aliphatic carbocycles. The molecule has 19 heavy (non-hydrogen) atoms. The van der Waals surface area contributed by atoms with Crippen molar-refractivity contribution in [2.75, 3.05) is 13.2 Å². The molecule has 1 fully saturated rings. The molecule has 0 aromatic heterocycles. The van der Waals surface area contributed by atoms with E-state index < -0.39 is 0 Å². The monoisotopic (exact) mass is 325 g/mol. The Hall–Kier alpha value is -0.540. The normalized spacial score (nSPS) is 17.6. The number of nitrogens with one attached hydrogen (secondary N) is 1. The van der Waals surface area contributed by atoms with Gasteiger partial charge in [0.05, 0.1) is 6.61 Å². The van der Waals surface area contributed by atoms with Crippen molar-refractivity contribution in [3.63, 3.8) is 0 Å². The summed E-state index contributed by atoms with van der Waals surface area (Å²) in [6.07, 6.45) is 5.39. The summed E-state index contributed by atoms with van der Waals surface area (Å²) in [7, 11) is 0. The Morgan fingerprint density at radius 1 is 1.32 bits per heavy atom. The number of rotatable bonds is 6. The third-order valence-electron chi connectivity index (χ3n) is 3.90. The molecule has 1 aromatic rings. The highest BCUT2D eigenvalue weighted by atomic mass is 79.9. The van der Waals surface area contributed by atoms with E-state index >= 15 is 0 Å². The van der Waals surface area contributed by atoms with Crippen molar-refractivity contribution >= 4 is 15.9 Å². The lowest BCUT2D eigenvalue weighted by atomic mass is 9.91. The summed E-state index contributed by atoms with van der Waals surface area (Å²) < 4.78 is 6.95. The SMILES string of the molecule is CCNC(c1cc(Br)ccc1OCC)C1CCCC1. The van der Waals surface area contributed by atoms with Crippen molar-refractivity contribution in [2.24, 2.45) is 5.92 Å². The third-order valence-corrected chi connectivity index (χ3v) is 4.40. The first-order chi connectivity index (χ1) is 9.26. The van der Waals surface area contributed by atoms with E-state index in [4.69, 9.17) is 4.74 Å². The van der Waals surface area contributed by atoms with Gasteiger partial charge in [0.2, 0.25) is 0 Å². The second-order valence-electron chi connectivity index (χ2n) is 5.20. The van der Waals surface area contributed by atoms with Crippen LogP contribution in [0, 0.1) is 5.92 Å². The first-order valence-corrected chi connectivity index (χ1v) is 8.21. The van der Waals surface area contributed by atoms with E-state index in [1.807, 2.05) is 6.92 Å². The van der Waals surface area contributed by atoms with Gasteiger partial charge in [-0.2, -0.15) is 0 Å². The van der Waals surface area contributed by atoms with Crippen molar-refractivity contribution < 1.29 is 4.74 Å². The zero-order valence-corrected chi connectivity index (χ0v) is 13.5. The molecule has 1 saturated carbocycles. The van der Waals surface area contributed by atoms with Gasteiger partial charge < -0.3 is 10.1 Å². The maximum absolute atomic E-state index is 5.82. The summed E-state index contributed by atoms with van der Waals surface area (Å²) in [4.78, 5) is 0. The van der Waals surface area contributed by atoms with Gasteiger partial charge in [0.15, 0.2) is 0 Å². The standard InChI is InChI=1S/C16H24BrNO/c1-3-18-16(12-7-5-6-8-12)14-11-13(17)9-10-15(14)19-4-2/h9-12,16,18H,3-8H2,1-2H3. The molecule has 0 bridgehead atoms. The molecule has 0 aliphatic heterocycles. The fourth-order valence-electron chi connectivity index (χ4n) is 3.09. The topological polar surface area (TPSA) is 21.3 Å². The molecule has 1 N–H and O–H groups in total. The Labute approximate surface area is 125 Å². The maximum Gasteiger partial charge on any atom is 0.124 e. The van der Waals surface area contributed by atoms with Crippen LogP contribution in [0.5, 0.6) is 5.75 Å². The molecule has 1 unspecified atom stereocenters. The maximum atomic E-state index is 5.82. The van der Waals surface area contributed by atoms with E-state index in [9.17, 15) is 0 Å². The van der Waals surface area contributed by atoms with Crippen LogP contribution in [0.4, 0.5) is 0 Å².